The summed E-state index contributed by atoms with van der Waals surface area (Å²) < 4.78 is 0. The van der Waals surface area contributed by atoms with Crippen LogP contribution in [0.2, 0.25) is 0 Å². The molecule has 1 saturated heterocycles. The number of ketones is 1. The Balaban J connectivity index is 2.15. The standard InChI is InChI=1S/C10H17NO/c1-2-10(12)6-5-9-11-7-3-4-8-11/h5-6H,2-4,7-9H2,1H3/b6-5+. The molecule has 0 aromatic carbocycles. The van der Waals surface area contributed by atoms with Gasteiger partial charge in [0, 0.05) is 13.0 Å². The molecule has 0 aromatic heterocycles. The second-order valence-corrected chi connectivity index (χ2v) is 3.23. The normalized spacial score (nSPS) is 19.1. The number of allylic oxidation sites excluding steroid dienone is 1. The summed E-state index contributed by atoms with van der Waals surface area (Å²) in [5, 5.41) is 0. The van der Waals surface area contributed by atoms with Crippen LogP contribution in [-0.2, 0) is 4.79 Å². The highest BCUT2D eigenvalue weighted by molar-refractivity contribution is 5.89. The van der Waals surface area contributed by atoms with Gasteiger partial charge in [-0.3, -0.25) is 9.69 Å². The third-order valence-electron chi connectivity index (χ3n) is 2.21. The Hall–Kier alpha value is -0.630. The van der Waals surface area contributed by atoms with E-state index in [1.807, 2.05) is 13.0 Å². The second-order valence-electron chi connectivity index (χ2n) is 3.23. The van der Waals surface area contributed by atoms with E-state index in [0.29, 0.717) is 6.42 Å². The number of nitrogens with zero attached hydrogens (tertiary/aromatic N) is 1. The highest BCUT2D eigenvalue weighted by Crippen LogP contribution is 2.06. The topological polar surface area (TPSA) is 20.3 Å². The maximum absolute atomic E-state index is 10.9. The Morgan fingerprint density at radius 2 is 2.08 bits per heavy atom. The zero-order valence-electron chi connectivity index (χ0n) is 7.75. The van der Waals surface area contributed by atoms with Crippen LogP contribution >= 0.6 is 0 Å². The largest absolute Gasteiger partial charge is 0.300 e. The number of carbonyl (C=O) groups excluding carboxylic acids is 1. The Bertz CT molecular complexity index is 169. The molecule has 1 heterocycles. The van der Waals surface area contributed by atoms with E-state index < -0.39 is 0 Å². The van der Waals surface area contributed by atoms with Gasteiger partial charge in [0.2, 0.25) is 0 Å². The third kappa shape index (κ3) is 3.18. The van der Waals surface area contributed by atoms with Crippen molar-refractivity contribution < 1.29 is 4.79 Å². The summed E-state index contributed by atoms with van der Waals surface area (Å²) in [5.74, 6) is 0.231. The van der Waals surface area contributed by atoms with Crippen molar-refractivity contribution in [2.75, 3.05) is 19.6 Å². The van der Waals surface area contributed by atoms with Gasteiger partial charge < -0.3 is 0 Å². The molecule has 0 N–H and O–H groups in total. The molecule has 2 nitrogen and oxygen atoms in total. The van der Waals surface area contributed by atoms with E-state index in [2.05, 4.69) is 4.90 Å². The highest BCUT2D eigenvalue weighted by Gasteiger charge is 2.08. The van der Waals surface area contributed by atoms with Crippen LogP contribution in [0.25, 0.3) is 0 Å². The molecule has 1 rings (SSSR count). The first-order valence-corrected chi connectivity index (χ1v) is 4.74. The van der Waals surface area contributed by atoms with Crippen molar-refractivity contribution in [1.29, 1.82) is 0 Å². The van der Waals surface area contributed by atoms with Gasteiger partial charge >= 0.3 is 0 Å². The zero-order chi connectivity index (χ0) is 8.81. The molecule has 0 bridgehead atoms. The summed E-state index contributed by atoms with van der Waals surface area (Å²) in [5.41, 5.74) is 0. The van der Waals surface area contributed by atoms with E-state index >= 15 is 0 Å². The molecule has 1 fully saturated rings. The third-order valence-corrected chi connectivity index (χ3v) is 2.21. The van der Waals surface area contributed by atoms with Crippen LogP contribution in [0.3, 0.4) is 0 Å². The van der Waals surface area contributed by atoms with Gasteiger partial charge in [0.1, 0.15) is 0 Å². The zero-order valence-corrected chi connectivity index (χ0v) is 7.75. The fraction of sp³-hybridized carbons (Fsp3) is 0.700. The maximum Gasteiger partial charge on any atom is 0.155 e. The van der Waals surface area contributed by atoms with Crippen molar-refractivity contribution in [2.45, 2.75) is 26.2 Å². The average molecular weight is 167 g/mol. The first kappa shape index (κ1) is 9.46. The van der Waals surface area contributed by atoms with Gasteiger partial charge in [-0.15, -0.1) is 0 Å². The first-order valence-electron chi connectivity index (χ1n) is 4.74. The summed E-state index contributed by atoms with van der Waals surface area (Å²) >= 11 is 0. The Morgan fingerprint density at radius 3 is 2.67 bits per heavy atom. The van der Waals surface area contributed by atoms with Gasteiger partial charge in [-0.1, -0.05) is 13.0 Å². The highest BCUT2D eigenvalue weighted by atomic mass is 16.1. The lowest BCUT2D eigenvalue weighted by atomic mass is 10.3. The predicted molar refractivity (Wildman–Crippen MR) is 50.1 cm³/mol. The molecular formula is C10H17NO. The molecule has 68 valence electrons. The lowest BCUT2D eigenvalue weighted by molar-refractivity contribution is -0.114. The molecule has 0 saturated carbocycles. The van der Waals surface area contributed by atoms with Gasteiger partial charge in [0.15, 0.2) is 5.78 Å². The van der Waals surface area contributed by atoms with Crippen LogP contribution in [0, 0.1) is 0 Å². The van der Waals surface area contributed by atoms with Gasteiger partial charge in [0.25, 0.3) is 0 Å². The van der Waals surface area contributed by atoms with Crippen LogP contribution in [-0.4, -0.2) is 30.3 Å². The summed E-state index contributed by atoms with van der Waals surface area (Å²) in [7, 11) is 0. The molecule has 0 aliphatic carbocycles. The van der Waals surface area contributed by atoms with Gasteiger partial charge in [-0.05, 0) is 32.0 Å². The van der Waals surface area contributed by atoms with Crippen LogP contribution < -0.4 is 0 Å². The van der Waals surface area contributed by atoms with E-state index in [1.54, 1.807) is 6.08 Å². The summed E-state index contributed by atoms with van der Waals surface area (Å²) in [4.78, 5) is 13.3. The molecule has 0 unspecified atom stereocenters. The second kappa shape index (κ2) is 5.09. The van der Waals surface area contributed by atoms with Gasteiger partial charge in [-0.2, -0.15) is 0 Å². The molecule has 0 atom stereocenters. The van der Waals surface area contributed by atoms with Crippen molar-refractivity contribution in [2.24, 2.45) is 0 Å². The van der Waals surface area contributed by atoms with Crippen LogP contribution in [0.4, 0.5) is 0 Å². The van der Waals surface area contributed by atoms with Gasteiger partial charge in [0.05, 0.1) is 0 Å². The quantitative estimate of drug-likeness (QED) is 0.593. The minimum absolute atomic E-state index is 0.231. The number of hydrogen-bond acceptors (Lipinski definition) is 2. The molecule has 0 radical (unpaired) electrons. The van der Waals surface area contributed by atoms with Crippen molar-refractivity contribution in [3.05, 3.63) is 12.2 Å². The van der Waals surface area contributed by atoms with Crippen LogP contribution in [0.1, 0.15) is 26.2 Å². The van der Waals surface area contributed by atoms with E-state index in [0.717, 1.165) is 6.54 Å². The van der Waals surface area contributed by atoms with Crippen molar-refractivity contribution >= 4 is 5.78 Å². The Morgan fingerprint density at radius 1 is 1.42 bits per heavy atom. The Kier molecular flexibility index (Phi) is 4.01. The maximum atomic E-state index is 10.9. The van der Waals surface area contributed by atoms with Crippen molar-refractivity contribution in [3.8, 4) is 0 Å². The van der Waals surface area contributed by atoms with E-state index in [9.17, 15) is 4.79 Å². The molecular weight excluding hydrogens is 150 g/mol. The van der Waals surface area contributed by atoms with Crippen LogP contribution in [0.15, 0.2) is 12.2 Å². The molecule has 1 aliphatic heterocycles. The smallest absolute Gasteiger partial charge is 0.155 e. The summed E-state index contributed by atoms with van der Waals surface area (Å²) in [6, 6.07) is 0. The lowest BCUT2D eigenvalue weighted by Gasteiger charge is -2.09. The van der Waals surface area contributed by atoms with E-state index in [1.165, 1.54) is 25.9 Å². The first-order chi connectivity index (χ1) is 5.83. The Labute approximate surface area is 74.2 Å². The number of carbonyl (C=O) groups is 1. The van der Waals surface area contributed by atoms with E-state index in [-0.39, 0.29) is 5.78 Å². The minimum atomic E-state index is 0.231. The van der Waals surface area contributed by atoms with Gasteiger partial charge in [-0.25, -0.2) is 0 Å². The summed E-state index contributed by atoms with van der Waals surface area (Å²) in [6.45, 7) is 5.24. The van der Waals surface area contributed by atoms with Crippen molar-refractivity contribution in [3.63, 3.8) is 0 Å². The molecule has 0 aromatic rings. The number of rotatable bonds is 4. The van der Waals surface area contributed by atoms with Crippen molar-refractivity contribution in [1.82, 2.24) is 4.90 Å². The lowest BCUT2D eigenvalue weighted by Crippen LogP contribution is -2.18. The molecule has 0 amide bonds. The SMILES string of the molecule is CCC(=O)/C=C/CN1CCCC1. The number of likely N-dealkylation sites (tertiary alicyclic amines) is 1. The molecule has 0 spiro atoms. The van der Waals surface area contributed by atoms with Crippen LogP contribution in [0.5, 0.6) is 0 Å². The number of hydrogen-bond donors (Lipinski definition) is 0. The molecule has 12 heavy (non-hydrogen) atoms. The molecule has 1 aliphatic rings. The molecule has 2 heteroatoms. The fourth-order valence-corrected chi connectivity index (χ4v) is 1.42. The summed E-state index contributed by atoms with van der Waals surface area (Å²) in [6.07, 6.45) is 6.94. The van der Waals surface area contributed by atoms with E-state index in [4.69, 9.17) is 0 Å². The monoisotopic (exact) mass is 167 g/mol. The minimum Gasteiger partial charge on any atom is -0.300 e. The predicted octanol–water partition coefficient (Wildman–Crippen LogP) is 1.62. The fourth-order valence-electron chi connectivity index (χ4n) is 1.42. The average Bonchev–Trinajstić information content (AvgIpc) is 2.57.